The summed E-state index contributed by atoms with van der Waals surface area (Å²) in [6.45, 7) is 5.70. The lowest BCUT2D eigenvalue weighted by Crippen LogP contribution is -2.36. The zero-order valence-electron chi connectivity index (χ0n) is 11.5. The van der Waals surface area contributed by atoms with E-state index in [0.717, 1.165) is 6.54 Å². The third kappa shape index (κ3) is 4.33. The smallest absolute Gasteiger partial charge is 0.270 e. The molecular formula is C13H22N4O. The van der Waals surface area contributed by atoms with Crippen molar-refractivity contribution in [3.05, 3.63) is 23.9 Å². The number of carbonyl (C=O) groups is 1. The number of aromatic nitrogens is 1. The predicted octanol–water partition coefficient (Wildman–Crippen LogP) is 1.19. The minimum absolute atomic E-state index is 0.135. The van der Waals surface area contributed by atoms with Crippen LogP contribution in [0.5, 0.6) is 0 Å². The van der Waals surface area contributed by atoms with Crippen LogP contribution in [-0.4, -0.2) is 49.0 Å². The number of anilines is 1. The van der Waals surface area contributed by atoms with Crippen molar-refractivity contribution in [2.45, 2.75) is 19.9 Å². The number of hydrogen-bond acceptors (Lipinski definition) is 4. The summed E-state index contributed by atoms with van der Waals surface area (Å²) >= 11 is 0. The molecule has 18 heavy (non-hydrogen) atoms. The standard InChI is InChI=1S/C13H22N4O/c1-10(2)17(4)9-8-15-13(18)11-6-5-7-12(14-3)16-11/h5-7,10H,8-9H2,1-4H3,(H,14,16)(H,15,18). The molecule has 1 aromatic heterocycles. The van der Waals surface area contributed by atoms with Crippen LogP contribution in [0, 0.1) is 0 Å². The van der Waals surface area contributed by atoms with Crippen molar-refractivity contribution in [2.75, 3.05) is 32.5 Å². The Balaban J connectivity index is 2.45. The number of rotatable bonds is 6. The lowest BCUT2D eigenvalue weighted by atomic mass is 10.3. The summed E-state index contributed by atoms with van der Waals surface area (Å²) in [7, 11) is 3.82. The van der Waals surface area contributed by atoms with E-state index in [0.29, 0.717) is 24.1 Å². The summed E-state index contributed by atoms with van der Waals surface area (Å²) in [4.78, 5) is 18.2. The van der Waals surface area contributed by atoms with E-state index in [9.17, 15) is 4.79 Å². The summed E-state index contributed by atoms with van der Waals surface area (Å²) in [5.74, 6) is 0.561. The highest BCUT2D eigenvalue weighted by Gasteiger charge is 2.08. The maximum atomic E-state index is 11.8. The van der Waals surface area contributed by atoms with E-state index in [1.54, 1.807) is 13.1 Å². The molecule has 0 saturated heterocycles. The Morgan fingerprint density at radius 1 is 1.44 bits per heavy atom. The third-order valence-corrected chi connectivity index (χ3v) is 2.87. The van der Waals surface area contributed by atoms with E-state index in [1.165, 1.54) is 0 Å². The topological polar surface area (TPSA) is 57.3 Å². The molecule has 0 fully saturated rings. The largest absolute Gasteiger partial charge is 0.373 e. The third-order valence-electron chi connectivity index (χ3n) is 2.87. The van der Waals surface area contributed by atoms with Crippen molar-refractivity contribution in [2.24, 2.45) is 0 Å². The van der Waals surface area contributed by atoms with Gasteiger partial charge in [0.2, 0.25) is 0 Å². The van der Waals surface area contributed by atoms with E-state index in [2.05, 4.69) is 34.4 Å². The molecule has 1 rings (SSSR count). The summed E-state index contributed by atoms with van der Waals surface area (Å²) in [5.41, 5.74) is 0.439. The van der Waals surface area contributed by atoms with Gasteiger partial charge in [-0.25, -0.2) is 4.98 Å². The molecule has 1 heterocycles. The number of pyridine rings is 1. The van der Waals surface area contributed by atoms with Gasteiger partial charge < -0.3 is 15.5 Å². The second-order valence-corrected chi connectivity index (χ2v) is 4.49. The molecule has 0 radical (unpaired) electrons. The van der Waals surface area contributed by atoms with Crippen LogP contribution in [0.1, 0.15) is 24.3 Å². The zero-order valence-corrected chi connectivity index (χ0v) is 11.5. The fraction of sp³-hybridized carbons (Fsp3) is 0.538. The van der Waals surface area contributed by atoms with E-state index in [4.69, 9.17) is 0 Å². The minimum atomic E-state index is -0.135. The van der Waals surface area contributed by atoms with E-state index in [1.807, 2.05) is 19.2 Å². The molecular weight excluding hydrogens is 228 g/mol. The van der Waals surface area contributed by atoms with Crippen LogP contribution in [0.25, 0.3) is 0 Å². The molecule has 0 unspecified atom stereocenters. The van der Waals surface area contributed by atoms with Gasteiger partial charge in [0.25, 0.3) is 5.91 Å². The van der Waals surface area contributed by atoms with Gasteiger partial charge in [-0.15, -0.1) is 0 Å². The highest BCUT2D eigenvalue weighted by Crippen LogP contribution is 2.03. The Kier molecular flexibility index (Phi) is 5.58. The highest BCUT2D eigenvalue weighted by molar-refractivity contribution is 5.92. The second kappa shape index (κ2) is 6.96. The molecule has 0 atom stereocenters. The molecule has 5 nitrogen and oxygen atoms in total. The van der Waals surface area contributed by atoms with E-state index >= 15 is 0 Å². The molecule has 100 valence electrons. The molecule has 5 heteroatoms. The second-order valence-electron chi connectivity index (χ2n) is 4.49. The molecule has 0 aliphatic heterocycles. The lowest BCUT2D eigenvalue weighted by Gasteiger charge is -2.20. The minimum Gasteiger partial charge on any atom is -0.373 e. The first-order valence-corrected chi connectivity index (χ1v) is 6.18. The Morgan fingerprint density at radius 3 is 2.78 bits per heavy atom. The number of likely N-dealkylation sites (N-methyl/N-ethyl adjacent to an activating group) is 1. The monoisotopic (exact) mass is 250 g/mol. The first kappa shape index (κ1) is 14.4. The Hall–Kier alpha value is -1.62. The van der Waals surface area contributed by atoms with Gasteiger partial charge in [0.05, 0.1) is 0 Å². The predicted molar refractivity (Wildman–Crippen MR) is 73.9 cm³/mol. The van der Waals surface area contributed by atoms with Crippen LogP contribution in [0.4, 0.5) is 5.82 Å². The van der Waals surface area contributed by atoms with Crippen molar-refractivity contribution in [1.29, 1.82) is 0 Å². The molecule has 0 saturated carbocycles. The van der Waals surface area contributed by atoms with Gasteiger partial charge in [-0.1, -0.05) is 6.07 Å². The lowest BCUT2D eigenvalue weighted by molar-refractivity contribution is 0.0943. The SMILES string of the molecule is CNc1cccc(C(=O)NCCN(C)C(C)C)n1. The van der Waals surface area contributed by atoms with Gasteiger partial charge in [0, 0.05) is 26.2 Å². The Morgan fingerprint density at radius 2 is 2.17 bits per heavy atom. The zero-order chi connectivity index (χ0) is 13.5. The van der Waals surface area contributed by atoms with Crippen molar-refractivity contribution in [3.63, 3.8) is 0 Å². The Labute approximate surface area is 109 Å². The van der Waals surface area contributed by atoms with E-state index < -0.39 is 0 Å². The van der Waals surface area contributed by atoms with Crippen molar-refractivity contribution in [3.8, 4) is 0 Å². The number of nitrogens with one attached hydrogen (secondary N) is 2. The molecule has 0 aliphatic rings. The quantitative estimate of drug-likeness (QED) is 0.796. The molecule has 0 aliphatic carbocycles. The van der Waals surface area contributed by atoms with Crippen molar-refractivity contribution in [1.82, 2.24) is 15.2 Å². The van der Waals surface area contributed by atoms with Gasteiger partial charge in [-0.05, 0) is 33.0 Å². The van der Waals surface area contributed by atoms with Crippen LogP contribution >= 0.6 is 0 Å². The molecule has 1 amide bonds. The summed E-state index contributed by atoms with van der Waals surface area (Å²) in [6, 6.07) is 5.83. The van der Waals surface area contributed by atoms with Crippen LogP contribution in [0.2, 0.25) is 0 Å². The van der Waals surface area contributed by atoms with Crippen LogP contribution in [-0.2, 0) is 0 Å². The Bertz CT molecular complexity index is 392. The summed E-state index contributed by atoms with van der Waals surface area (Å²) in [5, 5.41) is 5.78. The molecule has 1 aromatic rings. The van der Waals surface area contributed by atoms with Crippen LogP contribution < -0.4 is 10.6 Å². The van der Waals surface area contributed by atoms with Crippen LogP contribution in [0.15, 0.2) is 18.2 Å². The van der Waals surface area contributed by atoms with Gasteiger partial charge >= 0.3 is 0 Å². The van der Waals surface area contributed by atoms with Crippen molar-refractivity contribution < 1.29 is 4.79 Å². The first-order valence-electron chi connectivity index (χ1n) is 6.18. The summed E-state index contributed by atoms with van der Waals surface area (Å²) in [6.07, 6.45) is 0. The number of hydrogen-bond donors (Lipinski definition) is 2. The van der Waals surface area contributed by atoms with E-state index in [-0.39, 0.29) is 5.91 Å². The van der Waals surface area contributed by atoms with Gasteiger partial charge in [-0.3, -0.25) is 4.79 Å². The normalized spacial score (nSPS) is 10.8. The van der Waals surface area contributed by atoms with Gasteiger partial charge in [-0.2, -0.15) is 0 Å². The van der Waals surface area contributed by atoms with Gasteiger partial charge in [0.1, 0.15) is 11.5 Å². The first-order chi connectivity index (χ1) is 8.54. The average molecular weight is 250 g/mol. The fourth-order valence-corrected chi connectivity index (χ4v) is 1.39. The fourth-order valence-electron chi connectivity index (χ4n) is 1.39. The maximum absolute atomic E-state index is 11.8. The summed E-state index contributed by atoms with van der Waals surface area (Å²) < 4.78 is 0. The average Bonchev–Trinajstić information content (AvgIpc) is 2.38. The number of nitrogens with zero attached hydrogens (tertiary/aromatic N) is 2. The molecule has 0 aromatic carbocycles. The molecule has 0 spiro atoms. The maximum Gasteiger partial charge on any atom is 0.270 e. The number of amides is 1. The van der Waals surface area contributed by atoms with Crippen LogP contribution in [0.3, 0.4) is 0 Å². The van der Waals surface area contributed by atoms with Crippen molar-refractivity contribution >= 4 is 11.7 Å². The molecule has 0 bridgehead atoms. The highest BCUT2D eigenvalue weighted by atomic mass is 16.1. The van der Waals surface area contributed by atoms with Gasteiger partial charge in [0.15, 0.2) is 0 Å². The molecule has 2 N–H and O–H groups in total. The number of carbonyl (C=O) groups excluding carboxylic acids is 1.